The molecular weight excluding hydrogens is 464 g/mol. The third kappa shape index (κ3) is 4.86. The summed E-state index contributed by atoms with van der Waals surface area (Å²) in [6, 6.07) is 8.13. The molecule has 0 radical (unpaired) electrons. The van der Waals surface area contributed by atoms with Gasteiger partial charge in [-0.15, -0.1) is 0 Å². The van der Waals surface area contributed by atoms with Crippen molar-refractivity contribution in [1.82, 2.24) is 14.8 Å². The van der Waals surface area contributed by atoms with Gasteiger partial charge in [0.15, 0.2) is 5.82 Å². The zero-order valence-electron chi connectivity index (χ0n) is 17.2. The molecule has 0 unspecified atom stereocenters. The van der Waals surface area contributed by atoms with Crippen LogP contribution in [0.15, 0.2) is 53.6 Å². The highest BCUT2D eigenvalue weighted by Crippen LogP contribution is 2.36. The molecule has 33 heavy (non-hydrogen) atoms. The molecule has 3 heterocycles. The summed E-state index contributed by atoms with van der Waals surface area (Å²) in [5, 5.41) is 7.00. The van der Waals surface area contributed by atoms with Crippen LogP contribution in [-0.4, -0.2) is 34.5 Å². The van der Waals surface area contributed by atoms with Crippen molar-refractivity contribution in [3.05, 3.63) is 81.1 Å². The molecule has 4 rings (SSSR count). The smallest absolute Gasteiger partial charge is 0.381 e. The quantitative estimate of drug-likeness (QED) is 0.538. The molecule has 2 aromatic heterocycles. The Bertz CT molecular complexity index is 1170. The molecule has 0 saturated carbocycles. The van der Waals surface area contributed by atoms with Crippen LogP contribution in [0.3, 0.4) is 0 Å². The summed E-state index contributed by atoms with van der Waals surface area (Å²) in [5.41, 5.74) is -0.814. The Kier molecular flexibility index (Phi) is 6.40. The molecule has 11 heteroatoms. The fourth-order valence-electron chi connectivity index (χ4n) is 3.80. The van der Waals surface area contributed by atoms with Gasteiger partial charge in [-0.2, -0.15) is 23.0 Å². The van der Waals surface area contributed by atoms with E-state index in [9.17, 15) is 22.4 Å². The molecule has 1 aliphatic rings. The van der Waals surface area contributed by atoms with Crippen LogP contribution in [0, 0.1) is 5.82 Å². The first kappa shape index (κ1) is 23.2. The summed E-state index contributed by atoms with van der Waals surface area (Å²) in [5.74, 6) is -0.421. The van der Waals surface area contributed by atoms with E-state index in [2.05, 4.69) is 15.4 Å². The number of ether oxygens (including phenoxy) is 1. The third-order valence-electron chi connectivity index (χ3n) is 5.73. The molecule has 174 valence electrons. The van der Waals surface area contributed by atoms with Crippen LogP contribution < -0.4 is 10.9 Å². The Balaban J connectivity index is 1.58. The van der Waals surface area contributed by atoms with Crippen molar-refractivity contribution in [3.8, 4) is 5.82 Å². The molecule has 1 N–H and O–H groups in total. The summed E-state index contributed by atoms with van der Waals surface area (Å²) >= 11 is 6.26. The highest BCUT2D eigenvalue weighted by atomic mass is 35.5. The van der Waals surface area contributed by atoms with E-state index in [-0.39, 0.29) is 27.8 Å². The van der Waals surface area contributed by atoms with Crippen LogP contribution >= 0.6 is 11.6 Å². The lowest BCUT2D eigenvalue weighted by atomic mass is 9.74. The SMILES string of the molecule is O=c1c(Cl)c(NCC2(c3ccc(F)cc3)CCOCC2)cnn1-c1ccc(C(F)(F)F)cn1. The van der Waals surface area contributed by atoms with Gasteiger partial charge in [-0.05, 0) is 42.7 Å². The summed E-state index contributed by atoms with van der Waals surface area (Å²) in [6.07, 6.45) is -1.23. The predicted molar refractivity (Wildman–Crippen MR) is 114 cm³/mol. The second-order valence-corrected chi connectivity index (χ2v) is 8.12. The lowest BCUT2D eigenvalue weighted by Crippen LogP contribution is -2.40. The lowest BCUT2D eigenvalue weighted by molar-refractivity contribution is -0.137. The van der Waals surface area contributed by atoms with Gasteiger partial charge >= 0.3 is 6.18 Å². The van der Waals surface area contributed by atoms with Gasteiger partial charge in [0.2, 0.25) is 0 Å². The van der Waals surface area contributed by atoms with Gasteiger partial charge in [0.25, 0.3) is 5.56 Å². The van der Waals surface area contributed by atoms with E-state index >= 15 is 0 Å². The maximum Gasteiger partial charge on any atom is 0.417 e. The van der Waals surface area contributed by atoms with Crippen molar-refractivity contribution in [2.75, 3.05) is 25.1 Å². The van der Waals surface area contributed by atoms with Gasteiger partial charge in [0.1, 0.15) is 10.8 Å². The maximum atomic E-state index is 13.4. The molecule has 1 aliphatic heterocycles. The molecule has 1 fully saturated rings. The van der Waals surface area contributed by atoms with E-state index in [0.29, 0.717) is 38.8 Å². The van der Waals surface area contributed by atoms with Gasteiger partial charge in [0.05, 0.1) is 17.4 Å². The molecular formula is C22H19ClF4N4O2. The molecule has 1 saturated heterocycles. The van der Waals surface area contributed by atoms with Crippen LogP contribution in [0.1, 0.15) is 24.0 Å². The first-order chi connectivity index (χ1) is 15.7. The number of nitrogens with one attached hydrogen (secondary N) is 1. The minimum absolute atomic E-state index is 0.0892. The van der Waals surface area contributed by atoms with Gasteiger partial charge in [-0.3, -0.25) is 4.79 Å². The van der Waals surface area contributed by atoms with Crippen molar-refractivity contribution in [2.45, 2.75) is 24.4 Å². The van der Waals surface area contributed by atoms with E-state index in [1.807, 2.05) is 0 Å². The van der Waals surface area contributed by atoms with Gasteiger partial charge in [0, 0.05) is 31.4 Å². The summed E-state index contributed by atoms with van der Waals surface area (Å²) < 4.78 is 58.0. The first-order valence-electron chi connectivity index (χ1n) is 10.1. The highest BCUT2D eigenvalue weighted by molar-refractivity contribution is 6.32. The van der Waals surface area contributed by atoms with Crippen molar-refractivity contribution < 1.29 is 22.3 Å². The average molecular weight is 483 g/mol. The minimum Gasteiger partial charge on any atom is -0.381 e. The Labute approximate surface area is 191 Å². The number of aromatic nitrogens is 3. The van der Waals surface area contributed by atoms with E-state index in [4.69, 9.17) is 16.3 Å². The number of anilines is 1. The average Bonchev–Trinajstić information content (AvgIpc) is 2.81. The number of benzene rings is 1. The minimum atomic E-state index is -4.54. The Morgan fingerprint density at radius 3 is 2.39 bits per heavy atom. The molecule has 0 spiro atoms. The predicted octanol–water partition coefficient (Wildman–Crippen LogP) is 4.60. The van der Waals surface area contributed by atoms with Crippen molar-refractivity contribution >= 4 is 17.3 Å². The Hall–Kier alpha value is -2.98. The fourth-order valence-corrected chi connectivity index (χ4v) is 3.99. The van der Waals surface area contributed by atoms with Gasteiger partial charge in [-0.25, -0.2) is 9.37 Å². The second-order valence-electron chi connectivity index (χ2n) is 7.75. The van der Waals surface area contributed by atoms with Crippen LogP contribution in [0.25, 0.3) is 5.82 Å². The molecule has 0 bridgehead atoms. The largest absolute Gasteiger partial charge is 0.417 e. The van der Waals surface area contributed by atoms with Crippen molar-refractivity contribution in [3.63, 3.8) is 0 Å². The lowest BCUT2D eigenvalue weighted by Gasteiger charge is -2.38. The normalized spacial score (nSPS) is 15.9. The van der Waals surface area contributed by atoms with E-state index in [1.165, 1.54) is 18.3 Å². The summed E-state index contributed by atoms with van der Waals surface area (Å²) in [4.78, 5) is 16.4. The second kappa shape index (κ2) is 9.11. The molecule has 0 amide bonds. The van der Waals surface area contributed by atoms with Crippen LogP contribution in [-0.2, 0) is 16.3 Å². The fraction of sp³-hybridized carbons (Fsp3) is 0.318. The Morgan fingerprint density at radius 2 is 1.79 bits per heavy atom. The molecule has 0 aliphatic carbocycles. The zero-order chi connectivity index (χ0) is 23.6. The van der Waals surface area contributed by atoms with E-state index in [1.54, 1.807) is 12.1 Å². The molecule has 6 nitrogen and oxygen atoms in total. The van der Waals surface area contributed by atoms with Crippen LogP contribution in [0.2, 0.25) is 5.02 Å². The molecule has 1 aromatic carbocycles. The Morgan fingerprint density at radius 1 is 1.09 bits per heavy atom. The standard InChI is InChI=1S/C22H19ClF4N4O2/c23-19-17(12-30-31(20(19)32)18-6-3-15(11-28-18)22(25,26)27)29-13-21(7-9-33-10-8-21)14-1-4-16(24)5-2-14/h1-6,11-12,29H,7-10,13H2. The van der Waals surface area contributed by atoms with Crippen molar-refractivity contribution in [2.24, 2.45) is 0 Å². The number of nitrogens with zero attached hydrogens (tertiary/aromatic N) is 3. The van der Waals surface area contributed by atoms with Crippen molar-refractivity contribution in [1.29, 1.82) is 0 Å². The number of halogens is 5. The maximum absolute atomic E-state index is 13.4. The monoisotopic (exact) mass is 482 g/mol. The number of pyridine rings is 1. The van der Waals surface area contributed by atoms with Gasteiger partial charge in [-0.1, -0.05) is 23.7 Å². The number of hydrogen-bond acceptors (Lipinski definition) is 5. The van der Waals surface area contributed by atoms with Crippen LogP contribution in [0.4, 0.5) is 23.2 Å². The van der Waals surface area contributed by atoms with Gasteiger partial charge < -0.3 is 10.1 Å². The van der Waals surface area contributed by atoms with E-state index in [0.717, 1.165) is 22.4 Å². The van der Waals surface area contributed by atoms with Crippen LogP contribution in [0.5, 0.6) is 0 Å². The van der Waals surface area contributed by atoms with E-state index < -0.39 is 17.3 Å². The topological polar surface area (TPSA) is 69.0 Å². The number of rotatable bonds is 5. The highest BCUT2D eigenvalue weighted by Gasteiger charge is 2.35. The summed E-state index contributed by atoms with van der Waals surface area (Å²) in [7, 11) is 0. The number of hydrogen-bond donors (Lipinski definition) is 1. The first-order valence-corrected chi connectivity index (χ1v) is 10.5. The summed E-state index contributed by atoms with van der Waals surface area (Å²) in [6.45, 7) is 1.46. The third-order valence-corrected chi connectivity index (χ3v) is 6.10. The number of alkyl halides is 3. The molecule has 0 atom stereocenters. The molecule has 3 aromatic rings. The zero-order valence-corrected chi connectivity index (χ0v) is 18.0.